The third-order valence-electron chi connectivity index (χ3n) is 7.34. The molecule has 7 nitrogen and oxygen atoms in total. The van der Waals surface area contributed by atoms with Gasteiger partial charge in [0.15, 0.2) is 0 Å². The van der Waals surface area contributed by atoms with E-state index in [4.69, 9.17) is 19.4 Å². The van der Waals surface area contributed by atoms with E-state index in [0.29, 0.717) is 12.5 Å². The molecule has 0 bridgehead atoms. The lowest BCUT2D eigenvalue weighted by Crippen LogP contribution is -2.40. The summed E-state index contributed by atoms with van der Waals surface area (Å²) in [7, 11) is 3.70. The molecule has 0 atom stereocenters. The van der Waals surface area contributed by atoms with Crippen molar-refractivity contribution in [3.8, 4) is 11.5 Å². The van der Waals surface area contributed by atoms with E-state index in [-0.39, 0.29) is 11.2 Å². The molecule has 0 radical (unpaired) electrons. The summed E-state index contributed by atoms with van der Waals surface area (Å²) in [5, 5.41) is 13.6. The van der Waals surface area contributed by atoms with Crippen molar-refractivity contribution in [1.29, 1.82) is 0 Å². The Bertz CT molecular complexity index is 1160. The number of phenols is 1. The van der Waals surface area contributed by atoms with Crippen LogP contribution in [0.3, 0.4) is 0 Å². The van der Waals surface area contributed by atoms with Gasteiger partial charge in [-0.3, -0.25) is 0 Å². The average molecular weight is 475 g/mol. The van der Waals surface area contributed by atoms with E-state index >= 15 is 0 Å². The minimum absolute atomic E-state index is 0.0193. The molecule has 1 aliphatic heterocycles. The molecule has 0 spiro atoms. The molecule has 1 fully saturated rings. The average Bonchev–Trinajstić information content (AvgIpc) is 3.37. The van der Waals surface area contributed by atoms with Crippen LogP contribution in [0.1, 0.15) is 41.6 Å². The summed E-state index contributed by atoms with van der Waals surface area (Å²) >= 11 is 0. The summed E-state index contributed by atoms with van der Waals surface area (Å²) in [6, 6.07) is 15.8. The third kappa shape index (κ3) is 5.05. The Labute approximate surface area is 207 Å². The molecule has 2 N–H and O–H groups in total. The van der Waals surface area contributed by atoms with Gasteiger partial charge in [-0.05, 0) is 67.5 Å². The van der Waals surface area contributed by atoms with E-state index in [9.17, 15) is 5.11 Å². The molecule has 0 unspecified atom stereocenters. The van der Waals surface area contributed by atoms with Crippen LogP contribution in [-0.4, -0.2) is 49.0 Å². The normalized spacial score (nSPS) is 16.5. The van der Waals surface area contributed by atoms with Gasteiger partial charge in [-0.25, -0.2) is 4.98 Å². The number of aromatic hydroxyl groups is 1. The van der Waals surface area contributed by atoms with Gasteiger partial charge in [0.1, 0.15) is 17.3 Å². The fraction of sp³-hybridized carbons (Fsp3) is 0.429. The highest BCUT2D eigenvalue weighted by Gasteiger charge is 2.35. The highest BCUT2D eigenvalue weighted by Crippen LogP contribution is 2.37. The van der Waals surface area contributed by atoms with Gasteiger partial charge >= 0.3 is 0 Å². The molecule has 3 aromatic rings. The Morgan fingerprint density at radius 1 is 1.09 bits per heavy atom. The van der Waals surface area contributed by atoms with E-state index in [2.05, 4.69) is 17.4 Å². The lowest BCUT2D eigenvalue weighted by Gasteiger charge is -2.38. The number of nitrogens with one attached hydrogen (secondary N) is 1. The summed E-state index contributed by atoms with van der Waals surface area (Å²) in [6.45, 7) is 2.93. The van der Waals surface area contributed by atoms with Crippen molar-refractivity contribution in [3.63, 3.8) is 0 Å². The maximum Gasteiger partial charge on any atom is 0.227 e. The second kappa shape index (κ2) is 10.1. The molecule has 2 heterocycles. The zero-order valence-corrected chi connectivity index (χ0v) is 20.6. The van der Waals surface area contributed by atoms with Crippen molar-refractivity contribution < 1.29 is 14.6 Å². The number of phenolic OH excluding ortho intramolecular Hbond substituents is 1. The van der Waals surface area contributed by atoms with Crippen LogP contribution in [0.5, 0.6) is 11.5 Å². The Morgan fingerprint density at radius 3 is 2.63 bits per heavy atom. The van der Waals surface area contributed by atoms with Gasteiger partial charge < -0.3 is 24.8 Å². The maximum atomic E-state index is 9.83. The highest BCUT2D eigenvalue weighted by atomic mass is 16.5. The molecule has 1 aromatic heterocycles. The van der Waals surface area contributed by atoms with Crippen molar-refractivity contribution >= 4 is 11.8 Å². The van der Waals surface area contributed by atoms with Gasteiger partial charge in [-0.1, -0.05) is 24.3 Å². The van der Waals surface area contributed by atoms with E-state index in [1.54, 1.807) is 19.2 Å². The molecule has 1 saturated heterocycles. The van der Waals surface area contributed by atoms with E-state index in [1.807, 2.05) is 36.2 Å². The molecule has 2 aliphatic rings. The molecular weight excluding hydrogens is 440 g/mol. The number of aromatic nitrogens is 2. The zero-order chi connectivity index (χ0) is 24.3. The topological polar surface area (TPSA) is 79.7 Å². The maximum absolute atomic E-state index is 9.83. The first-order chi connectivity index (χ1) is 17.1. The first kappa shape index (κ1) is 23.4. The van der Waals surface area contributed by atoms with Crippen LogP contribution in [0.2, 0.25) is 0 Å². The summed E-state index contributed by atoms with van der Waals surface area (Å²) in [6.07, 6.45) is 5.02. The van der Waals surface area contributed by atoms with Crippen molar-refractivity contribution in [2.75, 3.05) is 44.1 Å². The van der Waals surface area contributed by atoms with Crippen LogP contribution < -0.4 is 15.0 Å². The number of aryl methyl sites for hydroxylation is 1. The first-order valence-electron chi connectivity index (χ1n) is 12.4. The molecule has 0 saturated carbocycles. The molecule has 35 heavy (non-hydrogen) atoms. The monoisotopic (exact) mass is 474 g/mol. The Kier molecular flexibility index (Phi) is 6.77. The first-order valence-corrected chi connectivity index (χ1v) is 12.4. The van der Waals surface area contributed by atoms with E-state index in [0.717, 1.165) is 74.7 Å². The standard InChI is InChI=1S/C28H34N4O3/c1-32(18-20-5-3-6-22(33)17-20)27-30-25-8-4-7-24(25)26(31-27)29-19-28(13-15-35-16-14-28)21-9-11-23(34-2)12-10-21/h3,5-6,9-12,17,33H,4,7-8,13-16,18-19H2,1-2H3,(H,29,30,31). The summed E-state index contributed by atoms with van der Waals surface area (Å²) in [4.78, 5) is 11.9. The second-order valence-electron chi connectivity index (χ2n) is 9.65. The van der Waals surface area contributed by atoms with Gasteiger partial charge in [-0.2, -0.15) is 4.98 Å². The number of fused-ring (bicyclic) bond motifs is 1. The Hall–Kier alpha value is -3.32. The zero-order valence-electron chi connectivity index (χ0n) is 20.6. The predicted octanol–water partition coefficient (Wildman–Crippen LogP) is 4.48. The second-order valence-corrected chi connectivity index (χ2v) is 9.65. The van der Waals surface area contributed by atoms with Crippen molar-refractivity contribution in [2.24, 2.45) is 0 Å². The smallest absolute Gasteiger partial charge is 0.227 e. The summed E-state index contributed by atoms with van der Waals surface area (Å²) in [5.74, 6) is 2.80. The largest absolute Gasteiger partial charge is 0.508 e. The molecule has 5 rings (SSSR count). The van der Waals surface area contributed by atoms with Crippen molar-refractivity contribution in [3.05, 3.63) is 70.9 Å². The number of nitrogens with zero attached hydrogens (tertiary/aromatic N) is 3. The SMILES string of the molecule is COc1ccc(C2(CNc3nc(N(C)Cc4cccc(O)c4)nc4c3CCC4)CCOCC2)cc1. The lowest BCUT2D eigenvalue weighted by atomic mass is 9.74. The number of ether oxygens (including phenoxy) is 2. The summed E-state index contributed by atoms with van der Waals surface area (Å²) in [5.41, 5.74) is 4.70. The number of rotatable bonds is 8. The molecule has 184 valence electrons. The highest BCUT2D eigenvalue weighted by molar-refractivity contribution is 5.54. The van der Waals surface area contributed by atoms with Gasteiger partial charge in [-0.15, -0.1) is 0 Å². The van der Waals surface area contributed by atoms with Crippen LogP contribution in [0.25, 0.3) is 0 Å². The number of hydrogen-bond acceptors (Lipinski definition) is 7. The van der Waals surface area contributed by atoms with Crippen molar-refractivity contribution in [2.45, 2.75) is 44.1 Å². The van der Waals surface area contributed by atoms with E-state index < -0.39 is 0 Å². The minimum atomic E-state index is -0.0193. The Balaban J connectivity index is 1.40. The number of benzene rings is 2. The third-order valence-corrected chi connectivity index (χ3v) is 7.34. The quantitative estimate of drug-likeness (QED) is 0.498. The molecule has 1 aliphatic carbocycles. The van der Waals surface area contributed by atoms with E-state index in [1.165, 1.54) is 11.1 Å². The van der Waals surface area contributed by atoms with Crippen LogP contribution in [0, 0.1) is 0 Å². The number of hydrogen-bond donors (Lipinski definition) is 2. The molecular formula is C28H34N4O3. The van der Waals surface area contributed by atoms with Crippen LogP contribution in [0.15, 0.2) is 48.5 Å². The number of anilines is 2. The van der Waals surface area contributed by atoms with Crippen LogP contribution in [-0.2, 0) is 29.5 Å². The van der Waals surface area contributed by atoms with Crippen LogP contribution in [0.4, 0.5) is 11.8 Å². The fourth-order valence-corrected chi connectivity index (χ4v) is 5.26. The van der Waals surface area contributed by atoms with Gasteiger partial charge in [0.25, 0.3) is 0 Å². The Morgan fingerprint density at radius 2 is 1.89 bits per heavy atom. The fourth-order valence-electron chi connectivity index (χ4n) is 5.26. The van der Waals surface area contributed by atoms with Crippen molar-refractivity contribution in [1.82, 2.24) is 9.97 Å². The van der Waals surface area contributed by atoms with Gasteiger partial charge in [0.05, 0.1) is 12.8 Å². The lowest BCUT2D eigenvalue weighted by molar-refractivity contribution is 0.0543. The molecule has 7 heteroatoms. The minimum Gasteiger partial charge on any atom is -0.508 e. The number of methoxy groups -OCH3 is 1. The predicted molar refractivity (Wildman–Crippen MR) is 137 cm³/mol. The van der Waals surface area contributed by atoms with Gasteiger partial charge in [0.2, 0.25) is 5.95 Å². The molecule has 2 aromatic carbocycles. The summed E-state index contributed by atoms with van der Waals surface area (Å²) < 4.78 is 11.1. The van der Waals surface area contributed by atoms with Gasteiger partial charge in [0, 0.05) is 44.3 Å². The van der Waals surface area contributed by atoms with Crippen LogP contribution >= 0.6 is 0 Å². The molecule has 0 amide bonds.